The third-order valence-corrected chi connectivity index (χ3v) is 3.51. The second-order valence-corrected chi connectivity index (χ2v) is 5.59. The molecule has 0 aromatic heterocycles. The number of carbonyl (C=O) groups is 2. The zero-order valence-corrected chi connectivity index (χ0v) is 10.1. The zero-order valence-electron chi connectivity index (χ0n) is 9.28. The van der Waals surface area contributed by atoms with Crippen molar-refractivity contribution < 1.29 is 9.59 Å². The van der Waals surface area contributed by atoms with Crippen molar-refractivity contribution in [3.63, 3.8) is 0 Å². The maximum absolute atomic E-state index is 11.2. The summed E-state index contributed by atoms with van der Waals surface area (Å²) in [5.41, 5.74) is 5.63. The Bertz CT molecular complexity index is 245. The number of rotatable bonds is 5. The van der Waals surface area contributed by atoms with Crippen LogP contribution in [0.1, 0.15) is 26.7 Å². The number of nitrogens with zero attached hydrogens (tertiary/aromatic N) is 1. The van der Waals surface area contributed by atoms with Crippen LogP contribution in [0.5, 0.6) is 0 Å². The summed E-state index contributed by atoms with van der Waals surface area (Å²) in [6, 6.07) is 0. The fourth-order valence-corrected chi connectivity index (χ4v) is 2.35. The standard InChI is InChI=1S/C10H18N2O2S/c1-10(2,11)7-15-6-5-12-8(13)3-4-9(12)14/h3-7,11H2,1-2H3. The van der Waals surface area contributed by atoms with Gasteiger partial charge in [-0.25, -0.2) is 0 Å². The minimum Gasteiger partial charge on any atom is -0.325 e. The lowest BCUT2D eigenvalue weighted by Crippen LogP contribution is -2.36. The topological polar surface area (TPSA) is 63.4 Å². The summed E-state index contributed by atoms with van der Waals surface area (Å²) in [5, 5.41) is 0. The molecule has 1 saturated heterocycles. The van der Waals surface area contributed by atoms with E-state index < -0.39 is 0 Å². The van der Waals surface area contributed by atoms with Gasteiger partial charge in [0.1, 0.15) is 0 Å². The van der Waals surface area contributed by atoms with E-state index in [1.165, 1.54) is 4.90 Å². The molecule has 15 heavy (non-hydrogen) atoms. The molecule has 2 N–H and O–H groups in total. The van der Waals surface area contributed by atoms with E-state index in [0.717, 1.165) is 11.5 Å². The van der Waals surface area contributed by atoms with Gasteiger partial charge in [0.2, 0.25) is 11.8 Å². The van der Waals surface area contributed by atoms with Crippen molar-refractivity contribution in [3.8, 4) is 0 Å². The molecule has 0 bridgehead atoms. The monoisotopic (exact) mass is 230 g/mol. The average molecular weight is 230 g/mol. The van der Waals surface area contributed by atoms with E-state index in [9.17, 15) is 9.59 Å². The Morgan fingerprint density at radius 2 is 1.87 bits per heavy atom. The molecule has 0 radical (unpaired) electrons. The number of carbonyl (C=O) groups excluding carboxylic acids is 2. The molecular formula is C10H18N2O2S. The molecule has 1 aliphatic rings. The van der Waals surface area contributed by atoms with Crippen molar-refractivity contribution in [1.82, 2.24) is 4.90 Å². The summed E-state index contributed by atoms with van der Waals surface area (Å²) < 4.78 is 0. The van der Waals surface area contributed by atoms with E-state index >= 15 is 0 Å². The zero-order chi connectivity index (χ0) is 11.5. The molecule has 4 nitrogen and oxygen atoms in total. The maximum Gasteiger partial charge on any atom is 0.229 e. The van der Waals surface area contributed by atoms with Crippen LogP contribution in [-0.2, 0) is 9.59 Å². The molecule has 0 spiro atoms. The quantitative estimate of drug-likeness (QED) is 0.555. The van der Waals surface area contributed by atoms with Gasteiger partial charge in [0, 0.05) is 36.4 Å². The smallest absolute Gasteiger partial charge is 0.229 e. The van der Waals surface area contributed by atoms with Crippen LogP contribution < -0.4 is 5.73 Å². The lowest BCUT2D eigenvalue weighted by Gasteiger charge is -2.19. The maximum atomic E-state index is 11.2. The highest BCUT2D eigenvalue weighted by atomic mass is 32.2. The van der Waals surface area contributed by atoms with Crippen molar-refractivity contribution in [2.45, 2.75) is 32.2 Å². The van der Waals surface area contributed by atoms with Crippen LogP contribution in [0, 0.1) is 0 Å². The van der Waals surface area contributed by atoms with Gasteiger partial charge in [-0.15, -0.1) is 0 Å². The minimum absolute atomic E-state index is 0.0346. The Balaban J connectivity index is 2.20. The highest BCUT2D eigenvalue weighted by Gasteiger charge is 2.28. The lowest BCUT2D eigenvalue weighted by atomic mass is 10.1. The molecule has 0 aliphatic carbocycles. The molecule has 0 saturated carbocycles. The van der Waals surface area contributed by atoms with Crippen LogP contribution in [0.4, 0.5) is 0 Å². The third-order valence-electron chi connectivity index (χ3n) is 2.09. The number of hydrogen-bond donors (Lipinski definition) is 1. The van der Waals surface area contributed by atoms with Gasteiger partial charge < -0.3 is 5.73 Å². The van der Waals surface area contributed by atoms with E-state index in [2.05, 4.69) is 0 Å². The fraction of sp³-hybridized carbons (Fsp3) is 0.800. The number of thioether (sulfide) groups is 1. The van der Waals surface area contributed by atoms with Crippen LogP contribution >= 0.6 is 11.8 Å². The largest absolute Gasteiger partial charge is 0.325 e. The summed E-state index contributed by atoms with van der Waals surface area (Å²) in [7, 11) is 0. The molecule has 1 fully saturated rings. The first-order valence-corrected chi connectivity index (χ1v) is 6.25. The normalized spacial score (nSPS) is 17.7. The number of hydrogen-bond acceptors (Lipinski definition) is 4. The van der Waals surface area contributed by atoms with Crippen LogP contribution in [0.15, 0.2) is 0 Å². The van der Waals surface area contributed by atoms with Gasteiger partial charge in [-0.2, -0.15) is 11.8 Å². The Morgan fingerprint density at radius 1 is 1.33 bits per heavy atom. The molecule has 5 heteroatoms. The number of likely N-dealkylation sites (tertiary alicyclic amines) is 1. The first-order valence-electron chi connectivity index (χ1n) is 5.10. The second kappa shape index (κ2) is 4.99. The molecule has 0 aromatic rings. The third kappa shape index (κ3) is 4.22. The minimum atomic E-state index is -0.191. The van der Waals surface area contributed by atoms with Crippen molar-refractivity contribution in [3.05, 3.63) is 0 Å². The lowest BCUT2D eigenvalue weighted by molar-refractivity contribution is -0.137. The summed E-state index contributed by atoms with van der Waals surface area (Å²) in [6.07, 6.45) is 0.762. The predicted octanol–water partition coefficient (Wildman–Crippen LogP) is 0.606. The Morgan fingerprint density at radius 3 is 2.33 bits per heavy atom. The van der Waals surface area contributed by atoms with Gasteiger partial charge >= 0.3 is 0 Å². The SMILES string of the molecule is CC(C)(N)CSCCN1C(=O)CCC1=O. The Hall–Kier alpha value is -0.550. The molecular weight excluding hydrogens is 212 g/mol. The van der Waals surface area contributed by atoms with Gasteiger partial charge in [0.15, 0.2) is 0 Å². The summed E-state index contributed by atoms with van der Waals surface area (Å²) in [6.45, 7) is 4.46. The number of imide groups is 1. The number of nitrogens with two attached hydrogens (primary N) is 1. The predicted molar refractivity (Wildman–Crippen MR) is 61.5 cm³/mol. The Kier molecular flexibility index (Phi) is 4.16. The molecule has 86 valence electrons. The average Bonchev–Trinajstić information content (AvgIpc) is 2.40. The molecule has 1 heterocycles. The second-order valence-electron chi connectivity index (χ2n) is 4.48. The van der Waals surface area contributed by atoms with Crippen LogP contribution in [0.2, 0.25) is 0 Å². The Labute approximate surface area is 94.6 Å². The van der Waals surface area contributed by atoms with E-state index in [0.29, 0.717) is 19.4 Å². The molecule has 0 aromatic carbocycles. The van der Waals surface area contributed by atoms with Gasteiger partial charge in [-0.3, -0.25) is 14.5 Å². The van der Waals surface area contributed by atoms with Gasteiger partial charge in [0.05, 0.1) is 0 Å². The van der Waals surface area contributed by atoms with E-state index in [4.69, 9.17) is 5.73 Å². The molecule has 0 atom stereocenters. The van der Waals surface area contributed by atoms with Crippen LogP contribution in [0.25, 0.3) is 0 Å². The van der Waals surface area contributed by atoms with Crippen molar-refractivity contribution in [2.24, 2.45) is 5.73 Å². The van der Waals surface area contributed by atoms with Gasteiger partial charge in [-0.05, 0) is 13.8 Å². The molecule has 1 rings (SSSR count). The van der Waals surface area contributed by atoms with Crippen LogP contribution in [0.3, 0.4) is 0 Å². The van der Waals surface area contributed by atoms with Gasteiger partial charge in [0.25, 0.3) is 0 Å². The first-order chi connectivity index (χ1) is 6.90. The highest BCUT2D eigenvalue weighted by Crippen LogP contribution is 2.14. The summed E-state index contributed by atoms with van der Waals surface area (Å²) >= 11 is 1.68. The first kappa shape index (κ1) is 12.5. The van der Waals surface area contributed by atoms with Gasteiger partial charge in [-0.1, -0.05) is 0 Å². The number of amides is 2. The summed E-state index contributed by atoms with van der Waals surface area (Å²) in [4.78, 5) is 23.9. The molecule has 1 aliphatic heterocycles. The molecule has 0 unspecified atom stereocenters. The highest BCUT2D eigenvalue weighted by molar-refractivity contribution is 7.99. The van der Waals surface area contributed by atoms with Crippen molar-refractivity contribution in [2.75, 3.05) is 18.1 Å². The van der Waals surface area contributed by atoms with E-state index in [-0.39, 0.29) is 17.4 Å². The molecule has 2 amide bonds. The van der Waals surface area contributed by atoms with Crippen LogP contribution in [-0.4, -0.2) is 40.3 Å². The van der Waals surface area contributed by atoms with E-state index in [1.807, 2.05) is 13.8 Å². The van der Waals surface area contributed by atoms with E-state index in [1.54, 1.807) is 11.8 Å². The fourth-order valence-electron chi connectivity index (χ4n) is 1.36. The summed E-state index contributed by atoms with van der Waals surface area (Å²) in [5.74, 6) is 1.54. The van der Waals surface area contributed by atoms with Crippen molar-refractivity contribution in [1.29, 1.82) is 0 Å². The van der Waals surface area contributed by atoms with Crippen molar-refractivity contribution >= 4 is 23.6 Å².